The summed E-state index contributed by atoms with van der Waals surface area (Å²) < 4.78 is 0. The molecule has 0 radical (unpaired) electrons. The monoisotopic (exact) mass is 308 g/mol. The van der Waals surface area contributed by atoms with Crippen LogP contribution in [0, 0.1) is 0 Å². The van der Waals surface area contributed by atoms with Crippen molar-refractivity contribution in [3.8, 4) is 0 Å². The Labute approximate surface area is 137 Å². The van der Waals surface area contributed by atoms with Crippen LogP contribution in [-0.4, -0.2) is 0 Å². The average molecular weight is 309 g/mol. The van der Waals surface area contributed by atoms with E-state index in [2.05, 4.69) is 31.4 Å². The topological polar surface area (TPSA) is 0 Å². The van der Waals surface area contributed by atoms with Crippen LogP contribution < -0.4 is 0 Å². The highest BCUT2D eigenvalue weighted by Gasteiger charge is 2.09. The van der Waals surface area contributed by atoms with E-state index in [0.29, 0.717) is 0 Å². The highest BCUT2D eigenvalue weighted by atomic mass is 32.1. The third-order valence-corrected chi connectivity index (χ3v) is 5.63. The SMILES string of the molecule is CCCCCCCCCCCCCC(CC)c1cccs1. The van der Waals surface area contributed by atoms with E-state index in [1.165, 1.54) is 83.5 Å². The number of hydrogen-bond acceptors (Lipinski definition) is 1. The second kappa shape index (κ2) is 13.4. The smallest absolute Gasteiger partial charge is 0.00760 e. The summed E-state index contributed by atoms with van der Waals surface area (Å²) in [7, 11) is 0. The van der Waals surface area contributed by atoms with E-state index in [0.717, 1.165) is 5.92 Å². The molecule has 122 valence electrons. The van der Waals surface area contributed by atoms with Crippen molar-refractivity contribution in [2.24, 2.45) is 0 Å². The minimum Gasteiger partial charge on any atom is -0.149 e. The Morgan fingerprint density at radius 2 is 1.38 bits per heavy atom. The summed E-state index contributed by atoms with van der Waals surface area (Å²) in [6, 6.07) is 4.51. The molecule has 0 spiro atoms. The molecule has 0 aromatic carbocycles. The van der Waals surface area contributed by atoms with E-state index >= 15 is 0 Å². The van der Waals surface area contributed by atoms with Crippen LogP contribution in [0.5, 0.6) is 0 Å². The van der Waals surface area contributed by atoms with Crippen molar-refractivity contribution in [3.63, 3.8) is 0 Å². The third kappa shape index (κ3) is 9.34. The summed E-state index contributed by atoms with van der Waals surface area (Å²) in [5, 5.41) is 2.22. The van der Waals surface area contributed by atoms with Crippen molar-refractivity contribution in [1.82, 2.24) is 0 Å². The Kier molecular flexibility index (Phi) is 11.9. The molecule has 0 saturated carbocycles. The largest absolute Gasteiger partial charge is 0.149 e. The van der Waals surface area contributed by atoms with Crippen molar-refractivity contribution in [2.75, 3.05) is 0 Å². The lowest BCUT2D eigenvalue weighted by Crippen LogP contribution is -1.94. The van der Waals surface area contributed by atoms with E-state index in [1.807, 2.05) is 11.3 Å². The van der Waals surface area contributed by atoms with E-state index in [1.54, 1.807) is 4.88 Å². The predicted molar refractivity (Wildman–Crippen MR) is 98.4 cm³/mol. The van der Waals surface area contributed by atoms with Crippen molar-refractivity contribution in [2.45, 2.75) is 103 Å². The summed E-state index contributed by atoms with van der Waals surface area (Å²) in [4.78, 5) is 1.60. The molecule has 0 aliphatic heterocycles. The third-order valence-electron chi connectivity index (χ3n) is 4.59. The lowest BCUT2D eigenvalue weighted by Gasteiger charge is -2.12. The Balaban J connectivity index is 1.88. The molecule has 21 heavy (non-hydrogen) atoms. The van der Waals surface area contributed by atoms with Gasteiger partial charge in [-0.3, -0.25) is 0 Å². The van der Waals surface area contributed by atoms with Crippen LogP contribution in [-0.2, 0) is 0 Å². The molecule has 0 aliphatic carbocycles. The molecule has 0 amide bonds. The van der Waals surface area contributed by atoms with Crippen LogP contribution in [0.2, 0.25) is 0 Å². The summed E-state index contributed by atoms with van der Waals surface area (Å²) >= 11 is 1.94. The number of hydrogen-bond donors (Lipinski definition) is 0. The zero-order chi connectivity index (χ0) is 15.2. The number of unbranched alkanes of at least 4 members (excludes halogenated alkanes) is 10. The van der Waals surface area contributed by atoms with E-state index in [9.17, 15) is 0 Å². The first kappa shape index (κ1) is 18.7. The molecule has 0 aliphatic rings. The van der Waals surface area contributed by atoms with Crippen LogP contribution in [0.3, 0.4) is 0 Å². The van der Waals surface area contributed by atoms with Gasteiger partial charge in [0.1, 0.15) is 0 Å². The average Bonchev–Trinajstić information content (AvgIpc) is 3.03. The van der Waals surface area contributed by atoms with Crippen molar-refractivity contribution >= 4 is 11.3 Å². The van der Waals surface area contributed by atoms with Gasteiger partial charge in [-0.1, -0.05) is 90.5 Å². The van der Waals surface area contributed by atoms with Gasteiger partial charge in [0.15, 0.2) is 0 Å². The Hall–Kier alpha value is -0.300. The van der Waals surface area contributed by atoms with E-state index < -0.39 is 0 Å². The van der Waals surface area contributed by atoms with E-state index in [4.69, 9.17) is 0 Å². The van der Waals surface area contributed by atoms with Crippen molar-refractivity contribution in [3.05, 3.63) is 22.4 Å². The Bertz CT molecular complexity index is 302. The fourth-order valence-corrected chi connectivity index (χ4v) is 4.07. The normalized spacial score (nSPS) is 12.7. The molecule has 1 atom stereocenters. The second-order valence-electron chi connectivity index (χ2n) is 6.44. The second-order valence-corrected chi connectivity index (χ2v) is 7.42. The molecular formula is C20H36S. The summed E-state index contributed by atoms with van der Waals surface area (Å²) in [6.45, 7) is 4.63. The first-order valence-corrected chi connectivity index (χ1v) is 10.3. The zero-order valence-corrected chi connectivity index (χ0v) is 15.2. The minimum atomic E-state index is 0.823. The fraction of sp³-hybridized carbons (Fsp3) is 0.800. The van der Waals surface area contributed by atoms with Gasteiger partial charge in [-0.25, -0.2) is 0 Å². The van der Waals surface area contributed by atoms with Gasteiger partial charge in [-0.2, -0.15) is 0 Å². The standard InChI is InChI=1S/C20H36S/c1-3-5-6-7-8-9-10-11-12-13-14-16-19(4-2)20-17-15-18-21-20/h15,17-19H,3-14,16H2,1-2H3. The first-order valence-electron chi connectivity index (χ1n) is 9.41. The number of rotatable bonds is 14. The maximum absolute atomic E-state index is 2.34. The summed E-state index contributed by atoms with van der Waals surface area (Å²) in [5.41, 5.74) is 0. The van der Waals surface area contributed by atoms with Crippen LogP contribution in [0.1, 0.15) is 108 Å². The molecule has 1 heterocycles. The fourth-order valence-electron chi connectivity index (χ4n) is 3.13. The Morgan fingerprint density at radius 1 is 0.810 bits per heavy atom. The molecule has 0 saturated heterocycles. The first-order chi connectivity index (χ1) is 10.4. The molecule has 0 fully saturated rings. The van der Waals surface area contributed by atoms with Crippen LogP contribution in [0.25, 0.3) is 0 Å². The molecule has 1 rings (SSSR count). The molecule has 1 aromatic rings. The van der Waals surface area contributed by atoms with Crippen LogP contribution in [0.4, 0.5) is 0 Å². The summed E-state index contributed by atoms with van der Waals surface area (Å²) in [5.74, 6) is 0.823. The van der Waals surface area contributed by atoms with Gasteiger partial charge in [-0.05, 0) is 30.2 Å². The molecular weight excluding hydrogens is 272 g/mol. The van der Waals surface area contributed by atoms with Gasteiger partial charge in [0.05, 0.1) is 0 Å². The molecule has 0 bridgehead atoms. The zero-order valence-electron chi connectivity index (χ0n) is 14.4. The lowest BCUT2D eigenvalue weighted by molar-refractivity contribution is 0.519. The highest BCUT2D eigenvalue weighted by molar-refractivity contribution is 7.10. The maximum Gasteiger partial charge on any atom is 0.00760 e. The molecule has 1 aromatic heterocycles. The van der Waals surface area contributed by atoms with Gasteiger partial charge in [-0.15, -0.1) is 11.3 Å². The van der Waals surface area contributed by atoms with Gasteiger partial charge in [0, 0.05) is 4.88 Å². The maximum atomic E-state index is 2.34. The molecule has 0 nitrogen and oxygen atoms in total. The van der Waals surface area contributed by atoms with E-state index in [-0.39, 0.29) is 0 Å². The van der Waals surface area contributed by atoms with Gasteiger partial charge in [0.2, 0.25) is 0 Å². The van der Waals surface area contributed by atoms with Crippen LogP contribution >= 0.6 is 11.3 Å². The van der Waals surface area contributed by atoms with Gasteiger partial charge >= 0.3 is 0 Å². The molecule has 1 unspecified atom stereocenters. The van der Waals surface area contributed by atoms with Gasteiger partial charge < -0.3 is 0 Å². The van der Waals surface area contributed by atoms with Crippen molar-refractivity contribution in [1.29, 1.82) is 0 Å². The van der Waals surface area contributed by atoms with Crippen LogP contribution in [0.15, 0.2) is 17.5 Å². The van der Waals surface area contributed by atoms with Gasteiger partial charge in [0.25, 0.3) is 0 Å². The molecule has 1 heteroatoms. The Morgan fingerprint density at radius 3 is 1.86 bits per heavy atom. The summed E-state index contributed by atoms with van der Waals surface area (Å²) in [6.07, 6.45) is 18.6. The van der Waals surface area contributed by atoms with Crippen molar-refractivity contribution < 1.29 is 0 Å². The predicted octanol–water partition coefficient (Wildman–Crippen LogP) is 7.94. The highest BCUT2D eigenvalue weighted by Crippen LogP contribution is 2.29. The molecule has 0 N–H and O–H groups in total. The lowest BCUT2D eigenvalue weighted by atomic mass is 9.96. The number of thiophene rings is 1. The minimum absolute atomic E-state index is 0.823. The quantitative estimate of drug-likeness (QED) is 0.306.